The minimum Gasteiger partial charge on any atom is -0.354 e. The first-order chi connectivity index (χ1) is 13.9. The molecule has 0 saturated carbocycles. The van der Waals surface area contributed by atoms with Crippen molar-refractivity contribution in [2.45, 2.75) is 22.9 Å². The zero-order chi connectivity index (χ0) is 20.4. The Hall–Kier alpha value is -3.06. The maximum Gasteiger partial charge on any atom is 0.433 e. The van der Waals surface area contributed by atoms with Gasteiger partial charge in [0, 0.05) is 21.4 Å². The highest BCUT2D eigenvalue weighted by molar-refractivity contribution is 7.99. The van der Waals surface area contributed by atoms with Gasteiger partial charge in [0.15, 0.2) is 5.65 Å². The van der Waals surface area contributed by atoms with Gasteiger partial charge < -0.3 is 5.32 Å². The van der Waals surface area contributed by atoms with Crippen LogP contribution in [0.1, 0.15) is 11.3 Å². The molecule has 0 radical (unpaired) electrons. The van der Waals surface area contributed by atoms with Crippen molar-refractivity contribution in [3.63, 3.8) is 0 Å². The molecule has 0 saturated heterocycles. The molecule has 0 fully saturated rings. The summed E-state index contributed by atoms with van der Waals surface area (Å²) in [4.78, 5) is 9.78. The van der Waals surface area contributed by atoms with E-state index in [0.29, 0.717) is 11.1 Å². The fraction of sp³-hybridized carbons (Fsp3) is 0.0909. The summed E-state index contributed by atoms with van der Waals surface area (Å²) in [5, 5.41) is 3.88. The van der Waals surface area contributed by atoms with Gasteiger partial charge in [-0.05, 0) is 55.0 Å². The second kappa shape index (κ2) is 7.75. The molecule has 7 heteroatoms. The number of nitrogens with one attached hydrogen (secondary N) is 1. The lowest BCUT2D eigenvalue weighted by Gasteiger charge is -2.15. The van der Waals surface area contributed by atoms with Crippen molar-refractivity contribution < 1.29 is 13.2 Å². The Kier molecular flexibility index (Phi) is 5.15. The molecule has 1 N–H and O–H groups in total. The molecule has 29 heavy (non-hydrogen) atoms. The molecule has 4 aromatic rings. The minimum absolute atomic E-state index is 0.0507. The van der Waals surface area contributed by atoms with Crippen molar-refractivity contribution in [2.75, 3.05) is 5.32 Å². The van der Waals surface area contributed by atoms with Crippen molar-refractivity contribution >= 4 is 34.2 Å². The molecule has 0 bridgehead atoms. The van der Waals surface area contributed by atoms with Gasteiger partial charge >= 0.3 is 6.18 Å². The van der Waals surface area contributed by atoms with Crippen LogP contribution in [0.25, 0.3) is 11.0 Å². The first-order valence-electron chi connectivity index (χ1n) is 8.84. The van der Waals surface area contributed by atoms with E-state index in [-0.39, 0.29) is 5.65 Å². The van der Waals surface area contributed by atoms with Gasteiger partial charge in [-0.2, -0.15) is 13.2 Å². The number of fused-ring (bicyclic) bond motifs is 1. The predicted octanol–water partition coefficient (Wildman–Crippen LogP) is 6.85. The molecular weight excluding hydrogens is 395 g/mol. The van der Waals surface area contributed by atoms with Crippen LogP contribution in [0.3, 0.4) is 0 Å². The van der Waals surface area contributed by atoms with Crippen LogP contribution >= 0.6 is 11.8 Å². The molecule has 0 atom stereocenters. The number of hydrogen-bond donors (Lipinski definition) is 1. The zero-order valence-corrected chi connectivity index (χ0v) is 16.2. The standard InChI is InChI=1S/C22H16F3N3S/c1-14-7-9-19(29-15-5-3-2-4-6-15)18(13-14)27-17-11-12-26-21-16(17)8-10-20(28-21)22(23,24)25/h2-13H,1H3,(H,26,27,28). The Balaban J connectivity index is 1.72. The normalized spacial score (nSPS) is 11.6. The van der Waals surface area contributed by atoms with Crippen LogP contribution in [0.4, 0.5) is 24.5 Å². The van der Waals surface area contributed by atoms with Gasteiger partial charge in [0.1, 0.15) is 5.69 Å². The average Bonchev–Trinajstić information content (AvgIpc) is 2.70. The quantitative estimate of drug-likeness (QED) is 0.398. The number of halogens is 3. The van der Waals surface area contributed by atoms with E-state index in [9.17, 15) is 13.2 Å². The van der Waals surface area contributed by atoms with E-state index in [2.05, 4.69) is 15.3 Å². The largest absolute Gasteiger partial charge is 0.433 e. The summed E-state index contributed by atoms with van der Waals surface area (Å²) >= 11 is 1.61. The number of aryl methyl sites for hydroxylation is 1. The number of rotatable bonds is 4. The smallest absolute Gasteiger partial charge is 0.354 e. The van der Waals surface area contributed by atoms with Crippen LogP contribution in [0.2, 0.25) is 0 Å². The van der Waals surface area contributed by atoms with Crippen LogP contribution in [0.5, 0.6) is 0 Å². The summed E-state index contributed by atoms with van der Waals surface area (Å²) in [6.07, 6.45) is -3.05. The number of pyridine rings is 2. The molecule has 4 rings (SSSR count). The van der Waals surface area contributed by atoms with Crippen LogP contribution in [0.15, 0.2) is 82.7 Å². The van der Waals surface area contributed by atoms with Gasteiger partial charge in [-0.25, -0.2) is 9.97 Å². The van der Waals surface area contributed by atoms with E-state index in [1.54, 1.807) is 17.8 Å². The van der Waals surface area contributed by atoms with E-state index in [4.69, 9.17) is 0 Å². The molecular formula is C22H16F3N3S. The topological polar surface area (TPSA) is 37.8 Å². The highest BCUT2D eigenvalue weighted by Crippen LogP contribution is 2.37. The predicted molar refractivity (Wildman–Crippen MR) is 110 cm³/mol. The van der Waals surface area contributed by atoms with E-state index >= 15 is 0 Å². The second-order valence-corrected chi connectivity index (χ2v) is 7.58. The third kappa shape index (κ3) is 4.35. The number of benzene rings is 2. The molecule has 2 heterocycles. The van der Waals surface area contributed by atoms with Crippen molar-refractivity contribution in [1.29, 1.82) is 0 Å². The number of anilines is 2. The Morgan fingerprint density at radius 1 is 0.897 bits per heavy atom. The fourth-order valence-electron chi connectivity index (χ4n) is 2.89. The van der Waals surface area contributed by atoms with Gasteiger partial charge in [-0.3, -0.25) is 0 Å². The Labute approximate surface area is 170 Å². The lowest BCUT2D eigenvalue weighted by atomic mass is 10.2. The number of alkyl halides is 3. The second-order valence-electron chi connectivity index (χ2n) is 6.46. The average molecular weight is 411 g/mol. The molecule has 0 amide bonds. The highest BCUT2D eigenvalue weighted by Gasteiger charge is 2.32. The van der Waals surface area contributed by atoms with Crippen LogP contribution in [-0.2, 0) is 6.18 Å². The van der Waals surface area contributed by atoms with Crippen molar-refractivity contribution in [2.24, 2.45) is 0 Å². The molecule has 0 spiro atoms. The molecule has 0 aliphatic carbocycles. The molecule has 2 aromatic carbocycles. The zero-order valence-electron chi connectivity index (χ0n) is 15.4. The van der Waals surface area contributed by atoms with Crippen molar-refractivity contribution in [3.8, 4) is 0 Å². The fourth-order valence-corrected chi connectivity index (χ4v) is 3.79. The molecule has 0 unspecified atom stereocenters. The summed E-state index contributed by atoms with van der Waals surface area (Å²) < 4.78 is 38.9. The lowest BCUT2D eigenvalue weighted by molar-refractivity contribution is -0.141. The lowest BCUT2D eigenvalue weighted by Crippen LogP contribution is -2.08. The van der Waals surface area contributed by atoms with Gasteiger partial charge in [-0.15, -0.1) is 0 Å². The van der Waals surface area contributed by atoms with Crippen LogP contribution in [-0.4, -0.2) is 9.97 Å². The Morgan fingerprint density at radius 3 is 2.45 bits per heavy atom. The first-order valence-corrected chi connectivity index (χ1v) is 9.65. The first kappa shape index (κ1) is 19.3. The Morgan fingerprint density at radius 2 is 1.69 bits per heavy atom. The van der Waals surface area contributed by atoms with Crippen LogP contribution in [0, 0.1) is 6.92 Å². The van der Waals surface area contributed by atoms with Gasteiger partial charge in [0.2, 0.25) is 0 Å². The number of aromatic nitrogens is 2. The van der Waals surface area contributed by atoms with Gasteiger partial charge in [0.25, 0.3) is 0 Å². The maximum absolute atomic E-state index is 13.0. The summed E-state index contributed by atoms with van der Waals surface area (Å²) in [5.74, 6) is 0. The van der Waals surface area contributed by atoms with Gasteiger partial charge in [-0.1, -0.05) is 36.0 Å². The van der Waals surface area contributed by atoms with Crippen molar-refractivity contribution in [3.05, 3.63) is 84.2 Å². The van der Waals surface area contributed by atoms with E-state index in [0.717, 1.165) is 27.1 Å². The number of nitrogens with zero attached hydrogens (tertiary/aromatic N) is 2. The van der Waals surface area contributed by atoms with E-state index in [1.165, 1.54) is 12.3 Å². The summed E-state index contributed by atoms with van der Waals surface area (Å²) in [6.45, 7) is 1.99. The maximum atomic E-state index is 13.0. The molecule has 0 aliphatic rings. The monoisotopic (exact) mass is 411 g/mol. The third-order valence-electron chi connectivity index (χ3n) is 4.27. The van der Waals surface area contributed by atoms with E-state index in [1.807, 2.05) is 55.5 Å². The van der Waals surface area contributed by atoms with Crippen molar-refractivity contribution in [1.82, 2.24) is 9.97 Å². The van der Waals surface area contributed by atoms with Gasteiger partial charge in [0.05, 0.1) is 11.4 Å². The molecule has 146 valence electrons. The summed E-state index contributed by atoms with van der Waals surface area (Å²) in [5.41, 5.74) is 1.68. The molecule has 2 aromatic heterocycles. The number of hydrogen-bond acceptors (Lipinski definition) is 4. The summed E-state index contributed by atoms with van der Waals surface area (Å²) in [7, 11) is 0. The SMILES string of the molecule is Cc1ccc(Sc2ccccc2)c(Nc2ccnc3nc(C(F)(F)F)ccc23)c1. The van der Waals surface area contributed by atoms with E-state index < -0.39 is 11.9 Å². The molecule has 3 nitrogen and oxygen atoms in total. The third-order valence-corrected chi connectivity index (χ3v) is 5.35. The highest BCUT2D eigenvalue weighted by atomic mass is 32.2. The summed E-state index contributed by atoms with van der Waals surface area (Å²) in [6, 6.07) is 20.1. The van der Waals surface area contributed by atoms with Crippen LogP contribution < -0.4 is 5.32 Å². The molecule has 0 aliphatic heterocycles. The minimum atomic E-state index is -4.50. The Bertz CT molecular complexity index is 1160.